The minimum absolute atomic E-state index is 0.990. The lowest BCUT2D eigenvalue weighted by Gasteiger charge is -1.88. The molecule has 0 aromatic heterocycles. The monoisotopic (exact) mass is 122 g/mol. The summed E-state index contributed by atoms with van der Waals surface area (Å²) >= 11 is 0. The smallest absolute Gasteiger partial charge is 0.0141 e. The molecule has 0 atom stereocenters. The average molecular weight is 122 g/mol. The minimum atomic E-state index is 0.990. The fourth-order valence-electron chi connectivity index (χ4n) is 0.556. The highest BCUT2D eigenvalue weighted by atomic mass is 13.8. The van der Waals surface area contributed by atoms with Crippen molar-refractivity contribution >= 4 is 0 Å². The highest BCUT2D eigenvalue weighted by Crippen LogP contribution is 1.98. The van der Waals surface area contributed by atoms with E-state index < -0.39 is 0 Å². The third kappa shape index (κ3) is 5.09. The molecule has 0 aliphatic carbocycles. The number of rotatable bonds is 3. The van der Waals surface area contributed by atoms with Gasteiger partial charge < -0.3 is 0 Å². The van der Waals surface area contributed by atoms with E-state index in [1.807, 2.05) is 25.2 Å². The maximum absolute atomic E-state index is 3.64. The van der Waals surface area contributed by atoms with E-state index in [1.54, 1.807) is 0 Å². The van der Waals surface area contributed by atoms with Gasteiger partial charge in [-0.3, -0.25) is 0 Å². The number of hydrogen-bond acceptors (Lipinski definition) is 0. The molecule has 0 amide bonds. The molecule has 0 aromatic rings. The van der Waals surface area contributed by atoms with Gasteiger partial charge in [0.25, 0.3) is 0 Å². The molecule has 0 aromatic carbocycles. The van der Waals surface area contributed by atoms with Crippen LogP contribution in [0.2, 0.25) is 0 Å². The Morgan fingerprint density at radius 1 is 1.56 bits per heavy atom. The molecule has 0 bridgehead atoms. The maximum atomic E-state index is 3.64. The number of allylic oxidation sites excluding steroid dienone is 5. The van der Waals surface area contributed by atoms with Gasteiger partial charge in [0.2, 0.25) is 0 Å². The van der Waals surface area contributed by atoms with E-state index in [0.717, 1.165) is 6.42 Å². The molecule has 0 rings (SSSR count). The molecule has 0 saturated heterocycles. The van der Waals surface area contributed by atoms with Crippen LogP contribution < -0.4 is 0 Å². The molecule has 9 heavy (non-hydrogen) atoms. The predicted octanol–water partition coefficient (Wildman–Crippen LogP) is 3.08. The summed E-state index contributed by atoms with van der Waals surface area (Å²) in [6.45, 7) is 7.75. The highest BCUT2D eigenvalue weighted by Gasteiger charge is 1.78. The summed E-state index contributed by atoms with van der Waals surface area (Å²) in [5.41, 5.74) is 1.35. The zero-order valence-corrected chi connectivity index (χ0v) is 6.22. The lowest BCUT2D eigenvalue weighted by atomic mass is 10.2. The maximum Gasteiger partial charge on any atom is -0.0141 e. The first-order valence-electron chi connectivity index (χ1n) is 3.20. The van der Waals surface area contributed by atoms with Gasteiger partial charge in [-0.05, 0) is 20.3 Å². The Morgan fingerprint density at radius 2 is 2.22 bits per heavy atom. The lowest BCUT2D eigenvalue weighted by Crippen LogP contribution is -1.68. The molecule has 0 spiro atoms. The van der Waals surface area contributed by atoms with Crippen LogP contribution in [-0.4, -0.2) is 0 Å². The first-order chi connectivity index (χ1) is 4.31. The van der Waals surface area contributed by atoms with Gasteiger partial charge in [-0.15, -0.1) is 6.58 Å². The summed E-state index contributed by atoms with van der Waals surface area (Å²) < 4.78 is 0. The summed E-state index contributed by atoms with van der Waals surface area (Å²) in [6.07, 6.45) is 9.06. The molecule has 0 aliphatic rings. The van der Waals surface area contributed by atoms with Gasteiger partial charge in [0.05, 0.1) is 0 Å². The molecule has 0 fully saturated rings. The van der Waals surface area contributed by atoms with Crippen molar-refractivity contribution in [1.82, 2.24) is 0 Å². The van der Waals surface area contributed by atoms with E-state index in [0.29, 0.717) is 0 Å². The van der Waals surface area contributed by atoms with Crippen LogP contribution in [0.4, 0.5) is 0 Å². The van der Waals surface area contributed by atoms with E-state index in [1.165, 1.54) is 5.57 Å². The van der Waals surface area contributed by atoms with E-state index >= 15 is 0 Å². The van der Waals surface area contributed by atoms with Crippen LogP contribution >= 0.6 is 0 Å². The third-order valence-electron chi connectivity index (χ3n) is 1.04. The average Bonchev–Trinajstić information content (AvgIpc) is 1.85. The highest BCUT2D eigenvalue weighted by molar-refractivity contribution is 5.11. The minimum Gasteiger partial charge on any atom is -0.103 e. The Labute approximate surface area is 57.6 Å². The predicted molar refractivity (Wildman–Crippen MR) is 43.4 cm³/mol. The van der Waals surface area contributed by atoms with Crippen molar-refractivity contribution in [2.24, 2.45) is 0 Å². The number of hydrogen-bond donors (Lipinski definition) is 0. The Hall–Kier alpha value is -0.780. The normalized spacial score (nSPS) is 12.4. The van der Waals surface area contributed by atoms with Gasteiger partial charge in [0.1, 0.15) is 0 Å². The van der Waals surface area contributed by atoms with Gasteiger partial charge in [-0.2, -0.15) is 0 Å². The zero-order chi connectivity index (χ0) is 7.11. The van der Waals surface area contributed by atoms with Crippen molar-refractivity contribution in [3.8, 4) is 0 Å². The van der Waals surface area contributed by atoms with Gasteiger partial charge in [0, 0.05) is 0 Å². The molecule has 0 nitrogen and oxygen atoms in total. The second kappa shape index (κ2) is 5.36. The SMILES string of the molecule is C=CC/C(C)=C\C=C/C. The van der Waals surface area contributed by atoms with Crippen LogP contribution in [0.25, 0.3) is 0 Å². The van der Waals surface area contributed by atoms with Gasteiger partial charge in [-0.1, -0.05) is 29.9 Å². The van der Waals surface area contributed by atoms with Crippen LogP contribution in [0.1, 0.15) is 20.3 Å². The summed E-state index contributed by atoms with van der Waals surface area (Å²) in [5, 5.41) is 0. The zero-order valence-electron chi connectivity index (χ0n) is 6.22. The summed E-state index contributed by atoms with van der Waals surface area (Å²) in [6, 6.07) is 0. The van der Waals surface area contributed by atoms with Crippen molar-refractivity contribution in [2.45, 2.75) is 20.3 Å². The van der Waals surface area contributed by atoms with Crippen molar-refractivity contribution in [1.29, 1.82) is 0 Å². The van der Waals surface area contributed by atoms with Crippen LogP contribution in [0.3, 0.4) is 0 Å². The quantitative estimate of drug-likeness (QED) is 0.398. The molecule has 0 radical (unpaired) electrons. The molecule has 0 saturated carbocycles. The summed E-state index contributed by atoms with van der Waals surface area (Å²) in [5.74, 6) is 0. The van der Waals surface area contributed by atoms with Crippen LogP contribution in [0.5, 0.6) is 0 Å². The van der Waals surface area contributed by atoms with Crippen molar-refractivity contribution in [2.75, 3.05) is 0 Å². The first-order valence-corrected chi connectivity index (χ1v) is 3.20. The van der Waals surface area contributed by atoms with E-state index in [2.05, 4.69) is 19.6 Å². The fourth-order valence-corrected chi connectivity index (χ4v) is 0.556. The Bertz CT molecular complexity index is 127. The second-order valence-corrected chi connectivity index (χ2v) is 2.03. The van der Waals surface area contributed by atoms with E-state index in [4.69, 9.17) is 0 Å². The van der Waals surface area contributed by atoms with Gasteiger partial charge in [0.15, 0.2) is 0 Å². The van der Waals surface area contributed by atoms with E-state index in [9.17, 15) is 0 Å². The Morgan fingerprint density at radius 3 is 2.67 bits per heavy atom. The first kappa shape index (κ1) is 8.22. The van der Waals surface area contributed by atoms with Crippen molar-refractivity contribution in [3.63, 3.8) is 0 Å². The standard InChI is InChI=1S/C9H14/c1-4-6-8-9(3)7-5-2/h4-6,8H,2,7H2,1,3H3/b6-4-,9-8-. The van der Waals surface area contributed by atoms with Crippen molar-refractivity contribution < 1.29 is 0 Å². The summed E-state index contributed by atoms with van der Waals surface area (Å²) in [4.78, 5) is 0. The molecule has 0 aliphatic heterocycles. The molecule has 0 unspecified atom stereocenters. The van der Waals surface area contributed by atoms with E-state index in [-0.39, 0.29) is 0 Å². The lowest BCUT2D eigenvalue weighted by molar-refractivity contribution is 1.22. The fraction of sp³-hybridized carbons (Fsp3) is 0.333. The topological polar surface area (TPSA) is 0 Å². The Kier molecular flexibility index (Phi) is 4.89. The van der Waals surface area contributed by atoms with Gasteiger partial charge in [-0.25, -0.2) is 0 Å². The molecule has 0 N–H and O–H groups in total. The van der Waals surface area contributed by atoms with Crippen LogP contribution in [-0.2, 0) is 0 Å². The molecular formula is C9H14. The largest absolute Gasteiger partial charge is 0.103 e. The third-order valence-corrected chi connectivity index (χ3v) is 1.04. The second-order valence-electron chi connectivity index (χ2n) is 2.03. The molecule has 50 valence electrons. The van der Waals surface area contributed by atoms with Gasteiger partial charge >= 0.3 is 0 Å². The molecule has 0 heterocycles. The van der Waals surface area contributed by atoms with Crippen LogP contribution in [0, 0.1) is 0 Å². The molecular weight excluding hydrogens is 108 g/mol. The van der Waals surface area contributed by atoms with Crippen molar-refractivity contribution in [3.05, 3.63) is 36.5 Å². The molecule has 0 heteroatoms. The van der Waals surface area contributed by atoms with Crippen LogP contribution in [0.15, 0.2) is 36.5 Å². The Balaban J connectivity index is 3.68. The summed E-state index contributed by atoms with van der Waals surface area (Å²) in [7, 11) is 0.